The largest absolute Gasteiger partial charge is 0.399 e. The number of rotatable bonds is 2. The lowest BCUT2D eigenvalue weighted by atomic mass is 9.54. The number of nitriles is 1. The molecule has 0 unspecified atom stereocenters. The van der Waals surface area contributed by atoms with Crippen LogP contribution >= 0.6 is 0 Å². The molecule has 0 amide bonds. The molecule has 0 bridgehead atoms. The van der Waals surface area contributed by atoms with Crippen molar-refractivity contribution < 1.29 is 4.43 Å². The minimum Gasteiger partial charge on any atom is -0.399 e. The van der Waals surface area contributed by atoms with E-state index in [9.17, 15) is 5.26 Å². The zero-order chi connectivity index (χ0) is 13.5. The molecule has 0 aromatic rings. The van der Waals surface area contributed by atoms with Crippen molar-refractivity contribution in [1.82, 2.24) is 0 Å². The summed E-state index contributed by atoms with van der Waals surface area (Å²) in [6.07, 6.45) is 3.35. The molecule has 0 atom stereocenters. The Kier molecular flexibility index (Phi) is 3.55. The van der Waals surface area contributed by atoms with E-state index in [1.165, 1.54) is 6.42 Å². The first kappa shape index (κ1) is 14.7. The van der Waals surface area contributed by atoms with E-state index in [4.69, 9.17) is 4.43 Å². The third-order valence-corrected chi connectivity index (χ3v) is 5.04. The second kappa shape index (κ2) is 4.10. The maximum atomic E-state index is 9.82. The Morgan fingerprint density at radius 2 is 1.41 bits per heavy atom. The van der Waals surface area contributed by atoms with Crippen LogP contribution in [0.1, 0.15) is 47.0 Å². The third kappa shape index (κ3) is 2.43. The van der Waals surface area contributed by atoms with Gasteiger partial charge >= 0.3 is 0 Å². The van der Waals surface area contributed by atoms with Crippen molar-refractivity contribution in [3.63, 3.8) is 0 Å². The predicted molar refractivity (Wildman–Crippen MR) is 74.2 cm³/mol. The van der Waals surface area contributed by atoms with E-state index in [1.807, 2.05) is 0 Å². The molecule has 0 aliphatic heterocycles. The fourth-order valence-electron chi connectivity index (χ4n) is 3.30. The van der Waals surface area contributed by atoms with Crippen LogP contribution in [0.3, 0.4) is 0 Å². The zero-order valence-electron chi connectivity index (χ0n) is 12.5. The molecule has 3 heteroatoms. The second-order valence-electron chi connectivity index (χ2n) is 7.63. The Hall–Kier alpha value is -0.333. The van der Waals surface area contributed by atoms with Gasteiger partial charge in [0.2, 0.25) is 0 Å². The summed E-state index contributed by atoms with van der Waals surface area (Å²) in [5.74, 6) is 0. The Morgan fingerprint density at radius 3 is 1.71 bits per heavy atom. The Morgan fingerprint density at radius 1 is 1.00 bits per heavy atom. The third-order valence-electron chi connectivity index (χ3n) is 4.13. The van der Waals surface area contributed by atoms with Gasteiger partial charge in [0.25, 0.3) is 0 Å². The van der Waals surface area contributed by atoms with Crippen molar-refractivity contribution in [2.45, 2.75) is 72.2 Å². The molecule has 0 heterocycles. The molecule has 1 rings (SSSR count). The molecule has 0 radical (unpaired) electrons. The van der Waals surface area contributed by atoms with Crippen molar-refractivity contribution in [2.75, 3.05) is 0 Å². The second-order valence-corrected chi connectivity index (χ2v) is 12.1. The van der Waals surface area contributed by atoms with Crippen LogP contribution in [0.15, 0.2) is 0 Å². The summed E-state index contributed by atoms with van der Waals surface area (Å²) in [6.45, 7) is 15.3. The summed E-state index contributed by atoms with van der Waals surface area (Å²) in [7, 11) is -1.74. The van der Waals surface area contributed by atoms with Crippen LogP contribution in [-0.2, 0) is 4.43 Å². The lowest BCUT2D eigenvalue weighted by Gasteiger charge is -2.57. The van der Waals surface area contributed by atoms with Crippen LogP contribution in [0.2, 0.25) is 19.6 Å². The molecule has 0 N–H and O–H groups in total. The summed E-state index contributed by atoms with van der Waals surface area (Å²) in [4.78, 5) is 0. The average Bonchev–Trinajstić information content (AvgIpc) is 2.09. The lowest BCUT2D eigenvalue weighted by Crippen LogP contribution is -2.62. The molecule has 1 aliphatic rings. The lowest BCUT2D eigenvalue weighted by molar-refractivity contribution is -0.121. The molecule has 0 spiro atoms. The first-order chi connectivity index (χ1) is 7.47. The van der Waals surface area contributed by atoms with Gasteiger partial charge in [-0.1, -0.05) is 34.1 Å². The van der Waals surface area contributed by atoms with Gasteiger partial charge in [0.05, 0.1) is 6.07 Å². The molecule has 0 aromatic heterocycles. The molecule has 0 aromatic carbocycles. The minimum absolute atomic E-state index is 0.0657. The maximum absolute atomic E-state index is 9.82. The fourth-order valence-corrected chi connectivity index (χ4v) is 4.82. The summed E-state index contributed by atoms with van der Waals surface area (Å²) >= 11 is 0. The quantitative estimate of drug-likeness (QED) is 0.686. The van der Waals surface area contributed by atoms with Crippen LogP contribution in [0, 0.1) is 22.2 Å². The summed E-state index contributed by atoms with van der Waals surface area (Å²) < 4.78 is 6.42. The summed E-state index contributed by atoms with van der Waals surface area (Å²) in [5.41, 5.74) is -0.768. The van der Waals surface area contributed by atoms with Gasteiger partial charge in [-0.15, -0.1) is 0 Å². The van der Waals surface area contributed by atoms with Crippen molar-refractivity contribution in [2.24, 2.45) is 10.8 Å². The highest BCUT2D eigenvalue weighted by Crippen LogP contribution is 2.56. The van der Waals surface area contributed by atoms with Gasteiger partial charge < -0.3 is 4.43 Å². The van der Waals surface area contributed by atoms with Crippen LogP contribution < -0.4 is 0 Å². The standard InChI is InChI=1S/C14H27NOSi/c1-12(2)9-8-10-13(3,4)14(12,11-15)16-17(5,6)7/h8-10H2,1-7H3. The molecule has 1 fully saturated rings. The molecular weight excluding hydrogens is 226 g/mol. The monoisotopic (exact) mass is 253 g/mol. The van der Waals surface area contributed by atoms with Crippen LogP contribution in [0.25, 0.3) is 0 Å². The van der Waals surface area contributed by atoms with Crippen molar-refractivity contribution in [3.05, 3.63) is 0 Å². The van der Waals surface area contributed by atoms with Crippen LogP contribution in [-0.4, -0.2) is 13.9 Å². The highest BCUT2D eigenvalue weighted by atomic mass is 28.4. The first-order valence-corrected chi connectivity index (χ1v) is 10.00. The minimum atomic E-state index is -1.74. The Bertz CT molecular complexity index is 317. The highest BCUT2D eigenvalue weighted by molar-refractivity contribution is 6.69. The smallest absolute Gasteiger partial charge is 0.185 e. The van der Waals surface area contributed by atoms with Crippen LogP contribution in [0.4, 0.5) is 0 Å². The molecule has 0 saturated heterocycles. The Labute approximate surface area is 107 Å². The molecule has 1 aliphatic carbocycles. The van der Waals surface area contributed by atoms with Gasteiger partial charge in [0, 0.05) is 10.8 Å². The average molecular weight is 253 g/mol. The van der Waals surface area contributed by atoms with E-state index in [2.05, 4.69) is 53.4 Å². The van der Waals surface area contributed by atoms with Crippen molar-refractivity contribution in [3.8, 4) is 6.07 Å². The normalized spacial score (nSPS) is 26.2. The van der Waals surface area contributed by atoms with Gasteiger partial charge in [0.1, 0.15) is 0 Å². The van der Waals surface area contributed by atoms with Crippen LogP contribution in [0.5, 0.6) is 0 Å². The molecule has 1 saturated carbocycles. The summed E-state index contributed by atoms with van der Waals surface area (Å²) in [5, 5.41) is 9.82. The van der Waals surface area contributed by atoms with Gasteiger partial charge in [0.15, 0.2) is 13.9 Å². The van der Waals surface area contributed by atoms with E-state index in [0.29, 0.717) is 0 Å². The van der Waals surface area contributed by atoms with E-state index in [1.54, 1.807) is 0 Å². The van der Waals surface area contributed by atoms with E-state index in [-0.39, 0.29) is 10.8 Å². The van der Waals surface area contributed by atoms with E-state index in [0.717, 1.165) is 12.8 Å². The van der Waals surface area contributed by atoms with Gasteiger partial charge in [-0.3, -0.25) is 0 Å². The fraction of sp³-hybridized carbons (Fsp3) is 0.929. The van der Waals surface area contributed by atoms with Gasteiger partial charge in [-0.2, -0.15) is 5.26 Å². The molecule has 98 valence electrons. The topological polar surface area (TPSA) is 33.0 Å². The van der Waals surface area contributed by atoms with E-state index >= 15 is 0 Å². The number of hydrogen-bond acceptors (Lipinski definition) is 2. The Balaban J connectivity index is 3.28. The number of hydrogen-bond donors (Lipinski definition) is 0. The number of nitrogens with zero attached hydrogens (tertiary/aromatic N) is 1. The van der Waals surface area contributed by atoms with Crippen molar-refractivity contribution >= 4 is 8.32 Å². The van der Waals surface area contributed by atoms with E-state index < -0.39 is 13.9 Å². The maximum Gasteiger partial charge on any atom is 0.185 e. The SMILES string of the molecule is CC1(C)CCCC(C)(C)C1(C#N)O[Si](C)(C)C. The van der Waals surface area contributed by atoms with Crippen molar-refractivity contribution in [1.29, 1.82) is 5.26 Å². The predicted octanol–water partition coefficient (Wildman–Crippen LogP) is 4.34. The van der Waals surface area contributed by atoms with Gasteiger partial charge in [-0.25, -0.2) is 0 Å². The first-order valence-electron chi connectivity index (χ1n) is 6.59. The zero-order valence-corrected chi connectivity index (χ0v) is 13.5. The molecule has 2 nitrogen and oxygen atoms in total. The summed E-state index contributed by atoms with van der Waals surface area (Å²) in [6, 6.07) is 2.57. The molecule has 17 heavy (non-hydrogen) atoms. The molecular formula is C14H27NOSi. The van der Waals surface area contributed by atoms with Gasteiger partial charge in [-0.05, 0) is 32.5 Å². The highest BCUT2D eigenvalue weighted by Gasteiger charge is 2.59.